The average molecular weight is 238 g/mol. The normalized spacial score (nSPS) is 42.1. The van der Waals surface area contributed by atoms with Gasteiger partial charge in [-0.15, -0.1) is 0 Å². The maximum atomic E-state index is 11.7. The number of ether oxygens (including phenoxy) is 1. The van der Waals surface area contributed by atoms with Crippen LogP contribution in [0.1, 0.15) is 19.3 Å². The van der Waals surface area contributed by atoms with Crippen LogP contribution in [0.5, 0.6) is 0 Å². The van der Waals surface area contributed by atoms with E-state index < -0.39 is 8.80 Å². The molecule has 6 heteroatoms. The van der Waals surface area contributed by atoms with Gasteiger partial charge in [0.05, 0.1) is 13.0 Å². The predicted octanol–water partition coefficient (Wildman–Crippen LogP) is -0.509. The fraction of sp³-hybridized carbons (Fsp3) is 0.889. The van der Waals surface area contributed by atoms with Gasteiger partial charge >= 0.3 is 14.8 Å². The second-order valence-electron chi connectivity index (χ2n) is 4.58. The highest BCUT2D eigenvalue weighted by Crippen LogP contribution is 2.56. The van der Waals surface area contributed by atoms with Gasteiger partial charge in [-0.25, -0.2) is 0 Å². The number of esters is 1. The number of fused-ring (bicyclic) bond motifs is 2. The maximum absolute atomic E-state index is 11.7. The summed E-state index contributed by atoms with van der Waals surface area (Å²) in [6.07, 6.45) is 2.25. The van der Waals surface area contributed by atoms with Crippen LogP contribution in [0, 0.1) is 17.8 Å². The Balaban J connectivity index is 2.19. The van der Waals surface area contributed by atoms with Gasteiger partial charge in [0.1, 0.15) is 0 Å². The van der Waals surface area contributed by atoms with Crippen molar-refractivity contribution in [3.05, 3.63) is 0 Å². The van der Waals surface area contributed by atoms with E-state index >= 15 is 0 Å². The van der Waals surface area contributed by atoms with Crippen molar-refractivity contribution in [2.45, 2.75) is 24.8 Å². The number of rotatable bonds is 5. The highest BCUT2D eigenvalue weighted by Gasteiger charge is 2.58. The summed E-state index contributed by atoms with van der Waals surface area (Å²) in [5.41, 5.74) is -0.340. The number of hydrogen-bond acceptors (Lipinski definition) is 5. The summed E-state index contributed by atoms with van der Waals surface area (Å²) >= 11 is 0. The molecule has 0 radical (unpaired) electrons. The zero-order chi connectivity index (χ0) is 13.3. The van der Waals surface area contributed by atoms with Crippen molar-refractivity contribution in [3.8, 4) is 0 Å². The molecule has 0 aromatic rings. The summed E-state index contributed by atoms with van der Waals surface area (Å²) in [4.78, 5) is 25.0. The number of methoxy groups -OCH3 is 1. The molecule has 0 aromatic heterocycles. The molecule has 2 saturated carbocycles. The van der Waals surface area contributed by atoms with E-state index in [0.29, 0.717) is 12.3 Å². The van der Waals surface area contributed by atoms with Crippen LogP contribution in [0.3, 0.4) is 0 Å². The maximum Gasteiger partial charge on any atom is 0.496 e. The summed E-state index contributed by atoms with van der Waals surface area (Å²) in [6, 6.07) is 0. The van der Waals surface area contributed by atoms with Gasteiger partial charge < -0.3 is 19.1 Å². The highest BCUT2D eigenvalue weighted by atomic mass is 28.4. The quantitative estimate of drug-likeness (QED) is 0.443. The third-order valence-electron chi connectivity index (χ3n) is 3.77. The van der Waals surface area contributed by atoms with Crippen LogP contribution in [0.15, 0.2) is 0 Å². The standard InChI is InChI=1S/C9H16O5Si/c1-14-9(10)7-3-5-2-6(7)8(4-5)15(11,12)13/h5-8,11-13H,2-4H2,1H3/i11T,12T,13T. The Labute approximate surface area is 93.5 Å². The predicted molar refractivity (Wildman–Crippen MR) is 52.5 cm³/mol. The Kier molecular flexibility index (Phi) is 1.84. The Morgan fingerprint density at radius 3 is 2.67 bits per heavy atom. The van der Waals surface area contributed by atoms with Gasteiger partial charge in [-0.1, -0.05) is 0 Å². The Morgan fingerprint density at radius 2 is 2.13 bits per heavy atom. The highest BCUT2D eigenvalue weighted by molar-refractivity contribution is 6.58. The monoisotopic (exact) mass is 238 g/mol. The molecule has 2 bridgehead atoms. The van der Waals surface area contributed by atoms with Crippen LogP contribution in [0.25, 0.3) is 0 Å². The van der Waals surface area contributed by atoms with Crippen LogP contribution >= 0.6 is 0 Å². The topological polar surface area (TPSA) is 87.0 Å². The molecule has 2 aliphatic rings. The van der Waals surface area contributed by atoms with E-state index in [1.165, 1.54) is 7.11 Å². The van der Waals surface area contributed by atoms with Crippen LogP contribution in [-0.2, 0) is 9.53 Å². The van der Waals surface area contributed by atoms with E-state index in [4.69, 9.17) is 9.03 Å². The first-order valence-electron chi connectivity index (χ1n) is 6.35. The minimum Gasteiger partial charge on any atom is -0.469 e. The van der Waals surface area contributed by atoms with E-state index in [-0.39, 0.29) is 23.3 Å². The van der Waals surface area contributed by atoms with Crippen molar-refractivity contribution in [2.75, 3.05) is 7.11 Å². The molecular formula is C9H16O5Si. The Morgan fingerprint density at radius 1 is 1.40 bits per heavy atom. The molecular weight excluding hydrogens is 216 g/mol. The van der Waals surface area contributed by atoms with E-state index in [1.807, 2.05) is 0 Å². The van der Waals surface area contributed by atoms with Crippen molar-refractivity contribution in [2.24, 2.45) is 17.8 Å². The first-order chi connectivity index (χ1) is 8.61. The summed E-state index contributed by atoms with van der Waals surface area (Å²) in [5, 5.41) is 0. The molecule has 0 aliphatic heterocycles. The van der Waals surface area contributed by atoms with E-state index in [9.17, 15) is 4.79 Å². The van der Waals surface area contributed by atoms with E-state index in [0.717, 1.165) is 12.8 Å². The largest absolute Gasteiger partial charge is 0.496 e. The van der Waals surface area contributed by atoms with Crippen LogP contribution in [0.4, 0.5) is 0 Å². The van der Waals surface area contributed by atoms with Gasteiger partial charge in [-0.3, -0.25) is 4.79 Å². The van der Waals surface area contributed by atoms with E-state index in [2.05, 4.69) is 14.4 Å². The molecule has 0 amide bonds. The molecule has 4 unspecified atom stereocenters. The second kappa shape index (κ2) is 3.55. The van der Waals surface area contributed by atoms with Crippen molar-refractivity contribution in [3.63, 3.8) is 0 Å². The molecule has 5 nitrogen and oxygen atoms in total. The van der Waals surface area contributed by atoms with Crippen molar-refractivity contribution in [1.29, 1.82) is 4.29 Å². The molecule has 0 heterocycles. The molecule has 3 N–H and O–H groups in total. The van der Waals surface area contributed by atoms with Gasteiger partial charge in [0.15, 0.2) is 4.29 Å². The first kappa shape index (κ1) is 7.78. The van der Waals surface area contributed by atoms with Crippen LogP contribution in [0.2, 0.25) is 5.54 Å². The Bertz CT molecular complexity index is 319. The van der Waals surface area contributed by atoms with Gasteiger partial charge in [0, 0.05) is 5.54 Å². The smallest absolute Gasteiger partial charge is 0.469 e. The third kappa shape index (κ3) is 1.82. The van der Waals surface area contributed by atoms with Crippen molar-refractivity contribution < 1.29 is 23.9 Å². The summed E-state index contributed by atoms with van der Waals surface area (Å²) in [7, 11) is -2.30. The van der Waals surface area contributed by atoms with Gasteiger partial charge in [0.2, 0.25) is 0 Å². The summed E-state index contributed by atoms with van der Waals surface area (Å²) in [5.74, 6) is -0.285. The van der Waals surface area contributed by atoms with Crippen molar-refractivity contribution >= 4 is 14.8 Å². The lowest BCUT2D eigenvalue weighted by atomic mass is 9.88. The molecule has 0 aromatic carbocycles. The van der Waals surface area contributed by atoms with Gasteiger partial charge in [-0.05, 0) is 31.1 Å². The lowest BCUT2D eigenvalue weighted by molar-refractivity contribution is -0.147. The molecule has 0 spiro atoms. The van der Waals surface area contributed by atoms with Crippen LogP contribution in [-0.4, -0.2) is 40.6 Å². The third-order valence-corrected chi connectivity index (χ3v) is 5.34. The number of carbonyl (C=O) groups is 1. The second-order valence-corrected chi connectivity index (χ2v) is 6.53. The zero-order valence-corrected chi connectivity index (χ0v) is 9.47. The minimum atomic E-state index is -3.65. The summed E-state index contributed by atoms with van der Waals surface area (Å²) in [6.45, 7) is 0. The SMILES string of the molecule is [3H]O[Si](O[3H])(O[3H])C1CC2CC(C(=O)OC)C1C2. The zero-order valence-electron chi connectivity index (χ0n) is 11.5. The summed E-state index contributed by atoms with van der Waals surface area (Å²) < 4.78 is 25.8. The minimum absolute atomic E-state index is 0.0739. The molecule has 2 aliphatic carbocycles. The first-order valence-corrected chi connectivity index (χ1v) is 6.92. The molecule has 0 saturated heterocycles. The fourth-order valence-electron chi connectivity index (χ4n) is 3.18. The molecule has 15 heavy (non-hydrogen) atoms. The van der Waals surface area contributed by atoms with E-state index in [1.54, 1.807) is 0 Å². The lowest BCUT2D eigenvalue weighted by Crippen LogP contribution is -2.45. The number of hydrogen-bond donors (Lipinski definition) is 3. The lowest BCUT2D eigenvalue weighted by Gasteiger charge is -2.30. The van der Waals surface area contributed by atoms with Crippen molar-refractivity contribution in [1.82, 2.24) is 0 Å². The number of carbonyl (C=O) groups excluding carboxylic acids is 1. The van der Waals surface area contributed by atoms with Gasteiger partial charge in [0.25, 0.3) is 0 Å². The average Bonchev–Trinajstić information content (AvgIpc) is 3.01. The molecule has 4 atom stereocenters. The molecule has 2 fully saturated rings. The van der Waals surface area contributed by atoms with Crippen LogP contribution < -0.4 is 0 Å². The fourth-order valence-corrected chi connectivity index (χ4v) is 4.69. The van der Waals surface area contributed by atoms with Gasteiger partial charge in [-0.2, -0.15) is 0 Å². The Hall–Kier alpha value is -0.433. The molecule has 86 valence electrons. The molecule has 2 rings (SSSR count).